The summed E-state index contributed by atoms with van der Waals surface area (Å²) in [5.74, 6) is 1.02. The third kappa shape index (κ3) is 2.15. The van der Waals surface area contributed by atoms with E-state index in [-0.39, 0.29) is 17.1 Å². The molecule has 0 radical (unpaired) electrons. The molecule has 0 saturated heterocycles. The number of phenolic OH excluding ortho intramolecular Hbond substituents is 1. The molecular formula is C14H19NO3. The smallest absolute Gasteiger partial charge is 0.409 e. The van der Waals surface area contributed by atoms with E-state index in [4.69, 9.17) is 10.5 Å². The highest BCUT2D eigenvalue weighted by Gasteiger charge is 2.36. The molecule has 0 aromatic heterocycles. The fourth-order valence-electron chi connectivity index (χ4n) is 2.78. The molecule has 0 heterocycles. The summed E-state index contributed by atoms with van der Waals surface area (Å²) < 4.78 is 5.00. The van der Waals surface area contributed by atoms with Crippen LogP contribution in [0.2, 0.25) is 0 Å². The Morgan fingerprint density at radius 3 is 2.67 bits per heavy atom. The lowest BCUT2D eigenvalue weighted by atomic mass is 9.77. The summed E-state index contributed by atoms with van der Waals surface area (Å²) in [4.78, 5) is 10.9. The number of carbonyl (C=O) groups excluding carboxylic acids is 1. The number of phenols is 1. The van der Waals surface area contributed by atoms with E-state index in [2.05, 4.69) is 20.8 Å². The molecule has 18 heavy (non-hydrogen) atoms. The van der Waals surface area contributed by atoms with Gasteiger partial charge in [0.25, 0.3) is 0 Å². The number of fused-ring (bicyclic) bond motifs is 1. The van der Waals surface area contributed by atoms with E-state index in [1.165, 1.54) is 0 Å². The van der Waals surface area contributed by atoms with Crippen LogP contribution in [0.4, 0.5) is 4.79 Å². The van der Waals surface area contributed by atoms with Crippen molar-refractivity contribution in [2.24, 2.45) is 11.1 Å². The molecule has 0 saturated carbocycles. The van der Waals surface area contributed by atoms with Gasteiger partial charge in [0.2, 0.25) is 0 Å². The number of aromatic hydroxyl groups is 1. The summed E-state index contributed by atoms with van der Waals surface area (Å²) in [6.07, 6.45) is 0.932. The zero-order valence-electron chi connectivity index (χ0n) is 11.0. The lowest BCUT2D eigenvalue weighted by Gasteiger charge is -2.28. The van der Waals surface area contributed by atoms with Gasteiger partial charge in [-0.3, -0.25) is 0 Å². The predicted octanol–water partition coefficient (Wildman–Crippen LogP) is 2.93. The number of amides is 1. The van der Waals surface area contributed by atoms with Crippen molar-refractivity contribution >= 4 is 6.09 Å². The van der Waals surface area contributed by atoms with Crippen LogP contribution in [0, 0.1) is 5.41 Å². The van der Waals surface area contributed by atoms with Gasteiger partial charge in [-0.2, -0.15) is 0 Å². The first kappa shape index (κ1) is 12.7. The molecule has 0 bridgehead atoms. The van der Waals surface area contributed by atoms with Crippen molar-refractivity contribution < 1.29 is 14.6 Å². The minimum Gasteiger partial charge on any atom is -0.508 e. The SMILES string of the molecule is CC(C)(C)C1CCc2c(OC(N)=O)ccc(O)c21. The van der Waals surface area contributed by atoms with E-state index in [9.17, 15) is 9.90 Å². The van der Waals surface area contributed by atoms with Gasteiger partial charge in [0.15, 0.2) is 0 Å². The molecule has 1 aliphatic rings. The molecule has 0 fully saturated rings. The Balaban J connectivity index is 2.49. The Morgan fingerprint density at radius 1 is 1.44 bits per heavy atom. The van der Waals surface area contributed by atoms with Gasteiger partial charge in [-0.1, -0.05) is 20.8 Å². The van der Waals surface area contributed by atoms with Crippen LogP contribution in [0.25, 0.3) is 0 Å². The topological polar surface area (TPSA) is 72.5 Å². The van der Waals surface area contributed by atoms with Crippen molar-refractivity contribution in [2.75, 3.05) is 0 Å². The molecule has 1 unspecified atom stereocenters. The van der Waals surface area contributed by atoms with E-state index in [0.717, 1.165) is 24.0 Å². The van der Waals surface area contributed by atoms with E-state index in [1.54, 1.807) is 12.1 Å². The third-order valence-electron chi connectivity index (χ3n) is 3.58. The Hall–Kier alpha value is -1.71. The molecule has 4 nitrogen and oxygen atoms in total. The molecule has 0 spiro atoms. The zero-order valence-corrected chi connectivity index (χ0v) is 11.0. The Bertz CT molecular complexity index is 489. The molecule has 3 N–H and O–H groups in total. The minimum absolute atomic E-state index is 0.0636. The Labute approximate surface area is 107 Å². The highest BCUT2D eigenvalue weighted by molar-refractivity contribution is 5.69. The molecule has 1 aromatic carbocycles. The highest BCUT2D eigenvalue weighted by atomic mass is 16.5. The number of nitrogens with two attached hydrogens (primary N) is 1. The fourth-order valence-corrected chi connectivity index (χ4v) is 2.78. The molecule has 2 rings (SSSR count). The first-order valence-electron chi connectivity index (χ1n) is 6.12. The average molecular weight is 249 g/mol. The molecule has 4 heteroatoms. The van der Waals surface area contributed by atoms with Crippen molar-refractivity contribution in [3.8, 4) is 11.5 Å². The van der Waals surface area contributed by atoms with Crippen molar-refractivity contribution in [3.05, 3.63) is 23.3 Å². The van der Waals surface area contributed by atoms with Crippen LogP contribution >= 0.6 is 0 Å². The summed E-state index contributed by atoms with van der Waals surface area (Å²) in [5, 5.41) is 10.1. The van der Waals surface area contributed by atoms with E-state index < -0.39 is 6.09 Å². The Morgan fingerprint density at radius 2 is 2.11 bits per heavy atom. The normalized spacial score (nSPS) is 18.5. The number of benzene rings is 1. The van der Waals surface area contributed by atoms with Gasteiger partial charge in [-0.05, 0) is 36.3 Å². The van der Waals surface area contributed by atoms with Gasteiger partial charge in [-0.15, -0.1) is 0 Å². The van der Waals surface area contributed by atoms with Crippen LogP contribution in [0.5, 0.6) is 11.5 Å². The summed E-state index contributed by atoms with van der Waals surface area (Å²) in [6.45, 7) is 6.44. The van der Waals surface area contributed by atoms with Crippen molar-refractivity contribution in [1.82, 2.24) is 0 Å². The van der Waals surface area contributed by atoms with Crippen molar-refractivity contribution in [1.29, 1.82) is 0 Å². The number of carbonyl (C=O) groups is 1. The van der Waals surface area contributed by atoms with Gasteiger partial charge < -0.3 is 15.6 Å². The van der Waals surface area contributed by atoms with Crippen LogP contribution in [0.3, 0.4) is 0 Å². The largest absolute Gasteiger partial charge is 0.508 e. The van der Waals surface area contributed by atoms with Crippen LogP contribution in [0.15, 0.2) is 12.1 Å². The Kier molecular flexibility index (Phi) is 2.97. The molecule has 1 atom stereocenters. The summed E-state index contributed by atoms with van der Waals surface area (Å²) >= 11 is 0. The number of hydrogen-bond donors (Lipinski definition) is 2. The second kappa shape index (κ2) is 4.19. The lowest BCUT2D eigenvalue weighted by molar-refractivity contribution is 0.210. The summed E-state index contributed by atoms with van der Waals surface area (Å²) in [7, 11) is 0. The molecule has 1 aliphatic carbocycles. The molecule has 1 amide bonds. The third-order valence-corrected chi connectivity index (χ3v) is 3.58. The maximum Gasteiger partial charge on any atom is 0.409 e. The van der Waals surface area contributed by atoms with E-state index in [1.807, 2.05) is 0 Å². The van der Waals surface area contributed by atoms with Crippen LogP contribution < -0.4 is 10.5 Å². The van der Waals surface area contributed by atoms with Crippen LogP contribution in [-0.2, 0) is 6.42 Å². The van der Waals surface area contributed by atoms with Gasteiger partial charge in [0.1, 0.15) is 11.5 Å². The second-order valence-electron chi connectivity index (χ2n) is 5.85. The average Bonchev–Trinajstić information content (AvgIpc) is 2.66. The second-order valence-corrected chi connectivity index (χ2v) is 5.85. The van der Waals surface area contributed by atoms with Gasteiger partial charge in [0.05, 0.1) is 0 Å². The van der Waals surface area contributed by atoms with Gasteiger partial charge >= 0.3 is 6.09 Å². The van der Waals surface area contributed by atoms with Gasteiger partial charge in [0, 0.05) is 11.1 Å². The molecule has 1 aromatic rings. The number of hydrogen-bond acceptors (Lipinski definition) is 3. The molecular weight excluding hydrogens is 230 g/mol. The first-order valence-corrected chi connectivity index (χ1v) is 6.12. The lowest BCUT2D eigenvalue weighted by Crippen LogP contribution is -2.18. The first-order chi connectivity index (χ1) is 8.30. The number of ether oxygens (including phenoxy) is 1. The fraction of sp³-hybridized carbons (Fsp3) is 0.500. The van der Waals surface area contributed by atoms with Crippen molar-refractivity contribution in [3.63, 3.8) is 0 Å². The quantitative estimate of drug-likeness (QED) is 0.803. The highest BCUT2D eigenvalue weighted by Crippen LogP contribution is 2.50. The van der Waals surface area contributed by atoms with Crippen LogP contribution in [0.1, 0.15) is 44.2 Å². The number of rotatable bonds is 1. The maximum absolute atomic E-state index is 10.9. The minimum atomic E-state index is -0.818. The van der Waals surface area contributed by atoms with Crippen molar-refractivity contribution in [2.45, 2.75) is 39.5 Å². The monoisotopic (exact) mass is 249 g/mol. The van der Waals surface area contributed by atoms with E-state index >= 15 is 0 Å². The standard InChI is InChI=1S/C14H19NO3/c1-14(2,3)9-5-4-8-11(18-13(15)17)7-6-10(16)12(8)9/h6-7,9,16H,4-5H2,1-3H3,(H2,15,17). The zero-order chi connectivity index (χ0) is 13.5. The van der Waals surface area contributed by atoms with Gasteiger partial charge in [-0.25, -0.2) is 4.79 Å². The predicted molar refractivity (Wildman–Crippen MR) is 68.8 cm³/mol. The summed E-state index contributed by atoms with van der Waals surface area (Å²) in [6, 6.07) is 3.17. The number of primary amides is 1. The molecule has 0 aliphatic heterocycles. The maximum atomic E-state index is 10.9. The summed E-state index contributed by atoms with van der Waals surface area (Å²) in [5.41, 5.74) is 6.93. The van der Waals surface area contributed by atoms with Crippen LogP contribution in [-0.4, -0.2) is 11.2 Å². The van der Waals surface area contributed by atoms with E-state index in [0.29, 0.717) is 5.75 Å². The molecule has 98 valence electrons.